The molecule has 1 saturated heterocycles. The molecule has 72 valence electrons. The van der Waals surface area contributed by atoms with E-state index >= 15 is 0 Å². The van der Waals surface area contributed by atoms with Crippen LogP contribution in [0.4, 0.5) is 0 Å². The first-order valence-electron chi connectivity index (χ1n) is 4.52. The van der Waals surface area contributed by atoms with Crippen LogP contribution in [0, 0.1) is 0 Å². The highest BCUT2D eigenvalue weighted by molar-refractivity contribution is 6.13. The van der Waals surface area contributed by atoms with Gasteiger partial charge < -0.3 is 15.7 Å². The van der Waals surface area contributed by atoms with E-state index in [1.165, 1.54) is 4.90 Å². The van der Waals surface area contributed by atoms with Crippen LogP contribution in [0.5, 0.6) is 0 Å². The number of nitrogens with two attached hydrogens (primary N) is 1. The summed E-state index contributed by atoms with van der Waals surface area (Å²) in [5.41, 5.74) is 5.47. The van der Waals surface area contributed by atoms with Crippen molar-refractivity contribution in [1.29, 1.82) is 0 Å². The van der Waals surface area contributed by atoms with Crippen LogP contribution in [0.25, 0.3) is 0 Å². The molecule has 5 heteroatoms. The number of nitrogens with zero attached hydrogens (tertiary/aromatic N) is 1. The van der Waals surface area contributed by atoms with Gasteiger partial charge in [0.25, 0.3) is 0 Å². The predicted molar refractivity (Wildman–Crippen MR) is 50.1 cm³/mol. The third-order valence-corrected chi connectivity index (χ3v) is 2.40. The summed E-state index contributed by atoms with van der Waals surface area (Å²) >= 11 is 0. The topological polar surface area (TPSA) is 66.6 Å². The van der Waals surface area contributed by atoms with Crippen molar-refractivity contribution in [3.8, 4) is 0 Å². The molecule has 0 aromatic heterocycles. The van der Waals surface area contributed by atoms with Crippen LogP contribution in [0.1, 0.15) is 19.8 Å². The number of carbonyl (C=O) groups is 1. The average Bonchev–Trinajstić information content (AvgIpc) is 2.45. The quantitative estimate of drug-likeness (QED) is 0.527. The number of aliphatic hydroxyl groups excluding tert-OH is 1. The number of rotatable bonds is 2. The summed E-state index contributed by atoms with van der Waals surface area (Å²) in [6.45, 7) is 1.59. The molecule has 3 N–H and O–H groups in total. The SMILES string of the molecule is [B]C1CCC(CO)N1C(=O)[C@@H](C)N. The van der Waals surface area contributed by atoms with E-state index in [0.29, 0.717) is 0 Å². The molecule has 0 spiro atoms. The Morgan fingerprint density at radius 2 is 2.38 bits per heavy atom. The lowest BCUT2D eigenvalue weighted by Gasteiger charge is -2.29. The molecule has 0 aromatic carbocycles. The van der Waals surface area contributed by atoms with Crippen molar-refractivity contribution in [2.24, 2.45) is 5.73 Å². The van der Waals surface area contributed by atoms with Crippen LogP contribution < -0.4 is 5.73 Å². The van der Waals surface area contributed by atoms with Gasteiger partial charge >= 0.3 is 0 Å². The van der Waals surface area contributed by atoms with Crippen LogP contribution in [0.2, 0.25) is 0 Å². The molecule has 1 aliphatic heterocycles. The van der Waals surface area contributed by atoms with Gasteiger partial charge in [0.15, 0.2) is 0 Å². The van der Waals surface area contributed by atoms with Crippen LogP contribution >= 0.6 is 0 Å². The molecule has 0 saturated carbocycles. The van der Waals surface area contributed by atoms with Crippen molar-refractivity contribution >= 4 is 13.8 Å². The molecule has 1 rings (SSSR count). The van der Waals surface area contributed by atoms with Gasteiger partial charge in [-0.2, -0.15) is 0 Å². The Bertz CT molecular complexity index is 199. The van der Waals surface area contributed by atoms with E-state index in [2.05, 4.69) is 0 Å². The van der Waals surface area contributed by atoms with E-state index < -0.39 is 6.04 Å². The molecule has 0 aromatic rings. The predicted octanol–water partition coefficient (Wildman–Crippen LogP) is -1.19. The first-order chi connectivity index (χ1) is 6.07. The second-order valence-electron chi connectivity index (χ2n) is 3.52. The molecule has 1 amide bonds. The van der Waals surface area contributed by atoms with Gasteiger partial charge in [0.05, 0.1) is 26.5 Å². The van der Waals surface area contributed by atoms with Crippen molar-refractivity contribution in [2.75, 3.05) is 6.61 Å². The van der Waals surface area contributed by atoms with Crippen molar-refractivity contribution in [1.82, 2.24) is 4.90 Å². The van der Waals surface area contributed by atoms with E-state index in [-0.39, 0.29) is 24.5 Å². The summed E-state index contributed by atoms with van der Waals surface area (Å²) in [5.74, 6) is -0.459. The zero-order valence-electron chi connectivity index (χ0n) is 7.81. The van der Waals surface area contributed by atoms with Crippen LogP contribution in [0.3, 0.4) is 0 Å². The van der Waals surface area contributed by atoms with Gasteiger partial charge in [0.2, 0.25) is 5.91 Å². The Balaban J connectivity index is 2.69. The standard InChI is InChI=1S/C8H15BN2O2/c1-5(10)8(13)11-6(4-12)2-3-7(11)9/h5-7,12H,2-4,10H2,1H3/t5-,6?,7?/m1/s1. The molecular weight excluding hydrogens is 167 g/mol. The first kappa shape index (κ1) is 10.5. The van der Waals surface area contributed by atoms with Gasteiger partial charge in [0.1, 0.15) is 0 Å². The minimum atomic E-state index is -0.543. The maximum Gasteiger partial charge on any atom is 0.239 e. The van der Waals surface area contributed by atoms with Crippen LogP contribution in [0.15, 0.2) is 0 Å². The van der Waals surface area contributed by atoms with Crippen molar-refractivity contribution < 1.29 is 9.90 Å². The summed E-state index contributed by atoms with van der Waals surface area (Å²) in [7, 11) is 5.72. The number of hydrogen-bond acceptors (Lipinski definition) is 3. The maximum absolute atomic E-state index is 11.5. The molecule has 0 bridgehead atoms. The molecule has 1 heterocycles. The molecule has 2 radical (unpaired) electrons. The fourth-order valence-corrected chi connectivity index (χ4v) is 1.67. The normalized spacial score (nSPS) is 30.5. The van der Waals surface area contributed by atoms with E-state index in [9.17, 15) is 4.79 Å². The number of carbonyl (C=O) groups excluding carboxylic acids is 1. The molecule has 0 aliphatic carbocycles. The van der Waals surface area contributed by atoms with E-state index in [1.807, 2.05) is 0 Å². The maximum atomic E-state index is 11.5. The molecule has 4 nitrogen and oxygen atoms in total. The lowest BCUT2D eigenvalue weighted by molar-refractivity contribution is -0.134. The number of hydrogen-bond donors (Lipinski definition) is 2. The monoisotopic (exact) mass is 182 g/mol. The largest absolute Gasteiger partial charge is 0.394 e. The fraction of sp³-hybridized carbons (Fsp3) is 0.875. The van der Waals surface area contributed by atoms with E-state index in [0.717, 1.165) is 12.8 Å². The minimum Gasteiger partial charge on any atom is -0.394 e. The number of likely N-dealkylation sites (tertiary alicyclic amines) is 1. The number of amides is 1. The average molecular weight is 182 g/mol. The Hall–Kier alpha value is -0.545. The Labute approximate surface area is 79.5 Å². The van der Waals surface area contributed by atoms with Crippen LogP contribution in [-0.4, -0.2) is 48.4 Å². The van der Waals surface area contributed by atoms with Crippen molar-refractivity contribution in [2.45, 2.75) is 37.8 Å². The highest BCUT2D eigenvalue weighted by Crippen LogP contribution is 2.22. The molecule has 3 atom stereocenters. The van der Waals surface area contributed by atoms with E-state index in [1.54, 1.807) is 6.92 Å². The third-order valence-electron chi connectivity index (χ3n) is 2.40. The fourth-order valence-electron chi connectivity index (χ4n) is 1.67. The zero-order chi connectivity index (χ0) is 10.0. The summed E-state index contributed by atoms with van der Waals surface area (Å²) in [5, 5.41) is 8.99. The van der Waals surface area contributed by atoms with Crippen LogP contribution in [-0.2, 0) is 4.79 Å². The zero-order valence-corrected chi connectivity index (χ0v) is 7.81. The minimum absolute atomic E-state index is 0.0356. The molecule has 1 aliphatic rings. The highest BCUT2D eigenvalue weighted by atomic mass is 16.3. The highest BCUT2D eigenvalue weighted by Gasteiger charge is 2.34. The first-order valence-corrected chi connectivity index (χ1v) is 4.52. The van der Waals surface area contributed by atoms with Gasteiger partial charge in [-0.15, -0.1) is 0 Å². The van der Waals surface area contributed by atoms with Crippen molar-refractivity contribution in [3.05, 3.63) is 0 Å². The smallest absolute Gasteiger partial charge is 0.239 e. The Kier molecular flexibility index (Phi) is 3.33. The molecular formula is C8H15BN2O2. The summed E-state index contributed by atoms with van der Waals surface area (Å²) in [4.78, 5) is 13.0. The van der Waals surface area contributed by atoms with Gasteiger partial charge in [-0.1, -0.05) is 0 Å². The van der Waals surface area contributed by atoms with Gasteiger partial charge in [-0.05, 0) is 25.7 Å². The molecule has 1 fully saturated rings. The van der Waals surface area contributed by atoms with Gasteiger partial charge in [0, 0.05) is 0 Å². The summed E-state index contributed by atoms with van der Waals surface area (Å²) < 4.78 is 0. The van der Waals surface area contributed by atoms with E-state index in [4.69, 9.17) is 18.7 Å². The number of aliphatic hydroxyl groups is 1. The van der Waals surface area contributed by atoms with Gasteiger partial charge in [-0.3, -0.25) is 4.79 Å². The summed E-state index contributed by atoms with van der Waals surface area (Å²) in [6.07, 6.45) is 1.50. The lowest BCUT2D eigenvalue weighted by atomic mass is 9.94. The second-order valence-corrected chi connectivity index (χ2v) is 3.52. The Morgan fingerprint density at radius 1 is 1.77 bits per heavy atom. The summed E-state index contributed by atoms with van der Waals surface area (Å²) in [6, 6.07) is -0.688. The lowest BCUT2D eigenvalue weighted by Crippen LogP contribution is -2.49. The third kappa shape index (κ3) is 2.03. The Morgan fingerprint density at radius 3 is 2.85 bits per heavy atom. The second kappa shape index (κ2) is 4.11. The van der Waals surface area contributed by atoms with Crippen molar-refractivity contribution in [3.63, 3.8) is 0 Å². The molecule has 2 unspecified atom stereocenters. The van der Waals surface area contributed by atoms with Gasteiger partial charge in [-0.25, -0.2) is 0 Å². The molecule has 13 heavy (non-hydrogen) atoms.